The van der Waals surface area contributed by atoms with Gasteiger partial charge >= 0.3 is 0 Å². The number of hydrogen-bond donors (Lipinski definition) is 2. The number of fused-ring (bicyclic) bond motifs is 1. The second-order valence-corrected chi connectivity index (χ2v) is 7.02. The summed E-state index contributed by atoms with van der Waals surface area (Å²) >= 11 is 6.35. The second-order valence-electron chi connectivity index (χ2n) is 5.34. The van der Waals surface area contributed by atoms with Crippen LogP contribution in [0.5, 0.6) is 0 Å². The van der Waals surface area contributed by atoms with Gasteiger partial charge in [-0.2, -0.15) is 0 Å². The molecule has 1 amide bonds. The van der Waals surface area contributed by atoms with E-state index in [1.165, 1.54) is 15.4 Å². The molecule has 0 spiro atoms. The van der Waals surface area contributed by atoms with E-state index in [0.29, 0.717) is 27.2 Å². The Bertz CT molecular complexity index is 984. The molecule has 1 saturated heterocycles. The number of nitrogens with one attached hydrogen (secondary N) is 1. The van der Waals surface area contributed by atoms with Crippen LogP contribution in [0, 0.1) is 0 Å². The van der Waals surface area contributed by atoms with E-state index < -0.39 is 0 Å². The molecule has 0 radical (unpaired) electrons. The molecule has 3 heterocycles. The lowest BCUT2D eigenvalue weighted by Crippen LogP contribution is -2.28. The van der Waals surface area contributed by atoms with Crippen molar-refractivity contribution in [3.8, 4) is 0 Å². The van der Waals surface area contributed by atoms with Crippen LogP contribution in [0.4, 0.5) is 5.82 Å². The summed E-state index contributed by atoms with van der Waals surface area (Å²) in [5, 5.41) is 12.0. The minimum Gasteiger partial charge on any atom is -0.395 e. The molecule has 0 atom stereocenters. The Balaban J connectivity index is 2.13. The van der Waals surface area contributed by atoms with E-state index in [1.807, 2.05) is 0 Å². The lowest BCUT2D eigenvalue weighted by Gasteiger charge is -2.11. The van der Waals surface area contributed by atoms with E-state index in [-0.39, 0.29) is 30.2 Å². The van der Waals surface area contributed by atoms with E-state index in [0.717, 1.165) is 11.8 Å². The highest BCUT2D eigenvalue weighted by Crippen LogP contribution is 2.32. The monoisotopic (exact) mass is 388 g/mol. The van der Waals surface area contributed by atoms with Gasteiger partial charge < -0.3 is 10.4 Å². The maximum Gasteiger partial charge on any atom is 0.267 e. The number of aliphatic hydroxyl groups is 1. The largest absolute Gasteiger partial charge is 0.395 e. The van der Waals surface area contributed by atoms with Crippen LogP contribution in [-0.2, 0) is 4.79 Å². The number of hydrogen-bond acceptors (Lipinski definition) is 7. The molecule has 26 heavy (non-hydrogen) atoms. The molecule has 2 aromatic heterocycles. The Morgan fingerprint density at radius 2 is 2.19 bits per heavy atom. The predicted molar refractivity (Wildman–Crippen MR) is 107 cm³/mol. The molecule has 3 rings (SSSR count). The fourth-order valence-electron chi connectivity index (χ4n) is 2.46. The van der Waals surface area contributed by atoms with Crippen molar-refractivity contribution in [2.75, 3.05) is 25.0 Å². The minimum atomic E-state index is -0.315. The van der Waals surface area contributed by atoms with Gasteiger partial charge in [-0.15, -0.1) is 6.58 Å². The Morgan fingerprint density at radius 3 is 2.92 bits per heavy atom. The summed E-state index contributed by atoms with van der Waals surface area (Å²) in [6.07, 6.45) is 4.70. The third-order valence-electron chi connectivity index (χ3n) is 3.63. The van der Waals surface area contributed by atoms with Crippen molar-refractivity contribution < 1.29 is 9.90 Å². The van der Waals surface area contributed by atoms with E-state index in [2.05, 4.69) is 16.9 Å². The normalized spacial score (nSPS) is 15.9. The lowest BCUT2D eigenvalue weighted by molar-refractivity contribution is -0.121. The Morgan fingerprint density at radius 1 is 1.38 bits per heavy atom. The van der Waals surface area contributed by atoms with Crippen LogP contribution < -0.4 is 10.9 Å². The van der Waals surface area contributed by atoms with Gasteiger partial charge in [0.25, 0.3) is 11.5 Å². The molecule has 9 heteroatoms. The summed E-state index contributed by atoms with van der Waals surface area (Å²) < 4.78 is 1.82. The quantitative estimate of drug-likeness (QED) is 0.440. The second kappa shape index (κ2) is 7.81. The fourth-order valence-corrected chi connectivity index (χ4v) is 3.72. The first-order chi connectivity index (χ1) is 12.6. The highest BCUT2D eigenvalue weighted by molar-refractivity contribution is 8.26. The average molecular weight is 388 g/mol. The van der Waals surface area contributed by atoms with Crippen LogP contribution in [0.15, 0.2) is 46.8 Å². The van der Waals surface area contributed by atoms with Gasteiger partial charge in [-0.1, -0.05) is 36.1 Å². The number of aliphatic hydroxyl groups excluding tert-OH is 1. The summed E-state index contributed by atoms with van der Waals surface area (Å²) in [6, 6.07) is 5.21. The first-order valence-electron chi connectivity index (χ1n) is 7.79. The minimum absolute atomic E-state index is 0.114. The summed E-state index contributed by atoms with van der Waals surface area (Å²) in [5.41, 5.74) is 0.389. The van der Waals surface area contributed by atoms with Gasteiger partial charge in [0.15, 0.2) is 0 Å². The molecule has 1 aliphatic rings. The summed E-state index contributed by atoms with van der Waals surface area (Å²) in [7, 11) is 0. The standard InChI is InChI=1S/C17H16N4O3S2/c1-2-7-21-16(24)12(26-17(21)25)10-11-14(18-6-9-22)19-13-5-3-4-8-20(13)15(11)23/h2-5,8,10,18,22H,1,6-7,9H2. The number of pyridine rings is 1. The number of thioether (sulfide) groups is 1. The molecule has 7 nitrogen and oxygen atoms in total. The molecule has 1 aliphatic heterocycles. The van der Waals surface area contributed by atoms with Crippen molar-refractivity contribution in [2.24, 2.45) is 0 Å². The number of rotatable bonds is 6. The zero-order valence-corrected chi connectivity index (χ0v) is 15.3. The van der Waals surface area contributed by atoms with E-state index in [1.54, 1.807) is 30.5 Å². The number of amides is 1. The number of carbonyl (C=O) groups excluding carboxylic acids is 1. The molecular weight excluding hydrogens is 372 g/mol. The van der Waals surface area contributed by atoms with E-state index in [4.69, 9.17) is 17.3 Å². The summed E-state index contributed by atoms with van der Waals surface area (Å²) in [4.78, 5) is 31.6. The molecule has 0 unspecified atom stereocenters. The third kappa shape index (κ3) is 3.41. The Kier molecular flexibility index (Phi) is 5.50. The SMILES string of the molecule is C=CCN1C(=O)C(=Cc2c(NCCO)nc3ccccn3c2=O)SC1=S. The van der Waals surface area contributed by atoms with Gasteiger partial charge in [0.2, 0.25) is 0 Å². The Hall–Kier alpha value is -2.49. The lowest BCUT2D eigenvalue weighted by atomic mass is 10.2. The van der Waals surface area contributed by atoms with Crippen LogP contribution in [0.2, 0.25) is 0 Å². The van der Waals surface area contributed by atoms with Crippen molar-refractivity contribution >= 4 is 51.7 Å². The highest BCUT2D eigenvalue weighted by atomic mass is 32.2. The number of aromatic nitrogens is 2. The van der Waals surface area contributed by atoms with Gasteiger partial charge in [0.1, 0.15) is 15.8 Å². The van der Waals surface area contributed by atoms with E-state index in [9.17, 15) is 9.59 Å². The number of anilines is 1. The first-order valence-corrected chi connectivity index (χ1v) is 9.01. The van der Waals surface area contributed by atoms with Gasteiger partial charge in [-0.3, -0.25) is 18.9 Å². The zero-order valence-electron chi connectivity index (χ0n) is 13.7. The average Bonchev–Trinajstić information content (AvgIpc) is 2.90. The van der Waals surface area contributed by atoms with E-state index >= 15 is 0 Å². The first kappa shape index (κ1) is 18.3. The van der Waals surface area contributed by atoms with Crippen molar-refractivity contribution in [2.45, 2.75) is 0 Å². The maximum absolute atomic E-state index is 12.9. The van der Waals surface area contributed by atoms with Crippen LogP contribution in [0.3, 0.4) is 0 Å². The molecule has 1 fully saturated rings. The highest BCUT2D eigenvalue weighted by Gasteiger charge is 2.31. The van der Waals surface area contributed by atoms with Crippen molar-refractivity contribution in [3.63, 3.8) is 0 Å². The molecule has 0 saturated carbocycles. The molecule has 0 bridgehead atoms. The smallest absolute Gasteiger partial charge is 0.267 e. The maximum atomic E-state index is 12.9. The fraction of sp³-hybridized carbons (Fsp3) is 0.176. The summed E-state index contributed by atoms with van der Waals surface area (Å²) in [6.45, 7) is 4.05. The van der Waals surface area contributed by atoms with Crippen molar-refractivity contribution in [3.05, 3.63) is 57.9 Å². The molecule has 0 aliphatic carbocycles. The van der Waals surface area contributed by atoms with Crippen LogP contribution in [-0.4, -0.2) is 49.3 Å². The van der Waals surface area contributed by atoms with Crippen molar-refractivity contribution in [1.82, 2.24) is 14.3 Å². The molecule has 0 aromatic carbocycles. The van der Waals surface area contributed by atoms with Gasteiger partial charge in [-0.25, -0.2) is 4.98 Å². The third-order valence-corrected chi connectivity index (χ3v) is 5.01. The van der Waals surface area contributed by atoms with Crippen molar-refractivity contribution in [1.29, 1.82) is 0 Å². The Labute approximate surface area is 159 Å². The predicted octanol–water partition coefficient (Wildman–Crippen LogP) is 1.49. The molecule has 2 aromatic rings. The zero-order chi connectivity index (χ0) is 18.7. The number of thiocarbonyl (C=S) groups is 1. The molecular formula is C17H16N4O3S2. The van der Waals surface area contributed by atoms with Gasteiger partial charge in [-0.05, 0) is 18.2 Å². The van der Waals surface area contributed by atoms with Crippen LogP contribution >= 0.6 is 24.0 Å². The topological polar surface area (TPSA) is 86.9 Å². The van der Waals surface area contributed by atoms with Crippen LogP contribution in [0.1, 0.15) is 5.56 Å². The number of nitrogens with zero attached hydrogens (tertiary/aromatic N) is 3. The molecule has 134 valence electrons. The van der Waals surface area contributed by atoms with Crippen LogP contribution in [0.25, 0.3) is 11.7 Å². The summed E-state index contributed by atoms with van der Waals surface area (Å²) in [5.74, 6) is 0.0369. The van der Waals surface area contributed by atoms with Gasteiger partial charge in [0.05, 0.1) is 17.1 Å². The van der Waals surface area contributed by atoms with Gasteiger partial charge in [0, 0.05) is 19.3 Å². The number of carbonyl (C=O) groups is 1. The molecule has 2 N–H and O–H groups in total.